The topological polar surface area (TPSA) is 94.7 Å². The van der Waals surface area contributed by atoms with Gasteiger partial charge in [0.1, 0.15) is 0 Å². The van der Waals surface area contributed by atoms with Gasteiger partial charge in [0, 0.05) is 0 Å². The zero-order chi connectivity index (χ0) is 7.61. The van der Waals surface area contributed by atoms with Crippen molar-refractivity contribution in [1.29, 1.82) is 0 Å². The molecule has 6 heteroatoms. The Morgan fingerprint density at radius 2 is 1.50 bits per heavy atom. The van der Waals surface area contributed by atoms with Crippen molar-refractivity contribution >= 4 is 12.9 Å². The first-order chi connectivity index (χ1) is 4.61. The molecular formula is C6H7MnO4P. The first kappa shape index (κ1) is 14.4. The molecule has 1 rings (SSSR count). The summed E-state index contributed by atoms with van der Waals surface area (Å²) in [5, 5.41) is -0.157. The molecule has 1 radical (unpaired) electrons. The van der Waals surface area contributed by atoms with Crippen molar-refractivity contribution in [2.75, 3.05) is 0 Å². The summed E-state index contributed by atoms with van der Waals surface area (Å²) in [6.07, 6.45) is 0. The summed E-state index contributed by atoms with van der Waals surface area (Å²) in [4.78, 5) is 20.6. The molecule has 1 aromatic carbocycles. The zero-order valence-electron chi connectivity index (χ0n) is 5.94. The molecule has 0 unspecified atom stereocenters. The molecule has 1 aromatic rings. The van der Waals surface area contributed by atoms with Crippen LogP contribution >= 0.6 is 7.60 Å². The van der Waals surface area contributed by atoms with E-state index in [9.17, 15) is 14.4 Å². The standard InChI is InChI=1S/C6H7O3P.Mn.H2O/c7-10(8,9)6-4-2-1-3-5-6;;/h1-5H,(H2,7,8,9);;1H2/q;+2;/p-2. The third-order valence-electron chi connectivity index (χ3n) is 1.07. The molecule has 0 bridgehead atoms. The molecule has 0 aliphatic rings. The molecule has 0 fully saturated rings. The molecule has 0 spiro atoms. The van der Waals surface area contributed by atoms with E-state index in [0.717, 1.165) is 0 Å². The fourth-order valence-electron chi connectivity index (χ4n) is 0.611. The van der Waals surface area contributed by atoms with Crippen molar-refractivity contribution in [2.45, 2.75) is 0 Å². The quantitative estimate of drug-likeness (QED) is 0.428. The van der Waals surface area contributed by atoms with Crippen LogP contribution in [0.1, 0.15) is 0 Å². The summed E-state index contributed by atoms with van der Waals surface area (Å²) in [7, 11) is -4.52. The number of hydrogen-bond acceptors (Lipinski definition) is 3. The number of rotatable bonds is 1. The van der Waals surface area contributed by atoms with Crippen LogP contribution in [-0.4, -0.2) is 5.48 Å². The first-order valence-electron chi connectivity index (χ1n) is 2.68. The normalized spacial score (nSPS) is 9.50. The van der Waals surface area contributed by atoms with Crippen LogP contribution in [0.25, 0.3) is 0 Å². The van der Waals surface area contributed by atoms with E-state index in [4.69, 9.17) is 0 Å². The Kier molecular flexibility index (Phi) is 6.57. The van der Waals surface area contributed by atoms with Crippen molar-refractivity contribution in [2.24, 2.45) is 0 Å². The van der Waals surface area contributed by atoms with E-state index in [0.29, 0.717) is 0 Å². The summed E-state index contributed by atoms with van der Waals surface area (Å²) >= 11 is 0. The molecule has 0 aliphatic carbocycles. The SMILES string of the molecule is O.O=P([O-])([O-])c1ccccc1.[Mn+2]. The summed E-state index contributed by atoms with van der Waals surface area (Å²) in [5.41, 5.74) is 0. The van der Waals surface area contributed by atoms with Gasteiger partial charge in [-0.1, -0.05) is 30.3 Å². The van der Waals surface area contributed by atoms with Crippen LogP contribution in [0, 0.1) is 0 Å². The number of benzene rings is 1. The maximum absolute atomic E-state index is 10.3. The second kappa shape index (κ2) is 5.49. The van der Waals surface area contributed by atoms with Crippen LogP contribution < -0.4 is 15.1 Å². The Morgan fingerprint density at radius 1 is 1.08 bits per heavy atom. The maximum Gasteiger partial charge on any atom is 2.00 e. The molecule has 0 aliphatic heterocycles. The molecule has 0 saturated heterocycles. The molecule has 0 heterocycles. The molecular weight excluding hydrogens is 222 g/mol. The molecule has 0 amide bonds. The van der Waals surface area contributed by atoms with Crippen molar-refractivity contribution in [3.8, 4) is 0 Å². The van der Waals surface area contributed by atoms with E-state index in [1.54, 1.807) is 6.07 Å². The second-order valence-electron chi connectivity index (χ2n) is 1.83. The Balaban J connectivity index is 0. The molecule has 4 nitrogen and oxygen atoms in total. The van der Waals surface area contributed by atoms with Crippen LogP contribution in [0.15, 0.2) is 30.3 Å². The minimum atomic E-state index is -4.52. The van der Waals surface area contributed by atoms with Gasteiger partial charge in [-0.3, -0.25) is 0 Å². The van der Waals surface area contributed by atoms with Gasteiger partial charge in [0.2, 0.25) is 0 Å². The van der Waals surface area contributed by atoms with E-state index in [-0.39, 0.29) is 27.8 Å². The van der Waals surface area contributed by atoms with Crippen LogP contribution in [0.3, 0.4) is 0 Å². The summed E-state index contributed by atoms with van der Waals surface area (Å²) in [6.45, 7) is 0. The fourth-order valence-corrected chi connectivity index (χ4v) is 1.15. The van der Waals surface area contributed by atoms with Crippen molar-refractivity contribution < 1.29 is 36.9 Å². The zero-order valence-corrected chi connectivity index (χ0v) is 8.01. The van der Waals surface area contributed by atoms with E-state index in [1.165, 1.54) is 24.3 Å². The van der Waals surface area contributed by atoms with Gasteiger partial charge in [0.25, 0.3) is 0 Å². The number of hydrogen-bond donors (Lipinski definition) is 0. The second-order valence-corrected chi connectivity index (χ2v) is 3.34. The van der Waals surface area contributed by atoms with E-state index >= 15 is 0 Å². The van der Waals surface area contributed by atoms with Crippen molar-refractivity contribution in [1.82, 2.24) is 0 Å². The third kappa shape index (κ3) is 4.02. The first-order valence-corrected chi connectivity index (χ1v) is 4.22. The minimum Gasteiger partial charge on any atom is -0.807 e. The van der Waals surface area contributed by atoms with Crippen LogP contribution in [0.5, 0.6) is 0 Å². The fraction of sp³-hybridized carbons (Fsp3) is 0. The van der Waals surface area contributed by atoms with Crippen molar-refractivity contribution in [3.05, 3.63) is 30.3 Å². The summed E-state index contributed by atoms with van der Waals surface area (Å²) in [6, 6.07) is 7.23. The Hall–Kier alpha value is -0.151. The van der Waals surface area contributed by atoms with Gasteiger partial charge in [0.15, 0.2) is 0 Å². The van der Waals surface area contributed by atoms with Gasteiger partial charge in [-0.15, -0.1) is 0 Å². The summed E-state index contributed by atoms with van der Waals surface area (Å²) in [5.74, 6) is 0. The molecule has 2 N–H and O–H groups in total. The van der Waals surface area contributed by atoms with Crippen LogP contribution in [0.4, 0.5) is 0 Å². The van der Waals surface area contributed by atoms with E-state index < -0.39 is 7.60 Å². The predicted molar refractivity (Wildman–Crippen MR) is 37.3 cm³/mol. The van der Waals surface area contributed by atoms with Gasteiger partial charge < -0.3 is 19.8 Å². The minimum absolute atomic E-state index is 0. The Labute approximate surface area is 80.6 Å². The smallest absolute Gasteiger partial charge is 0.807 e. The van der Waals surface area contributed by atoms with Gasteiger partial charge in [-0.25, -0.2) is 0 Å². The average Bonchev–Trinajstić information content (AvgIpc) is 1.88. The summed E-state index contributed by atoms with van der Waals surface area (Å²) < 4.78 is 10.3. The monoisotopic (exact) mass is 229 g/mol. The van der Waals surface area contributed by atoms with E-state index in [2.05, 4.69) is 0 Å². The molecule has 0 aromatic heterocycles. The third-order valence-corrected chi connectivity index (χ3v) is 2.00. The largest absolute Gasteiger partial charge is 2.00 e. The molecule has 0 atom stereocenters. The van der Waals surface area contributed by atoms with E-state index in [1.807, 2.05) is 0 Å². The van der Waals surface area contributed by atoms with Gasteiger partial charge in [0.05, 0.1) is 0 Å². The Morgan fingerprint density at radius 3 is 1.75 bits per heavy atom. The Bertz CT molecular complexity index is 258. The van der Waals surface area contributed by atoms with Gasteiger partial charge >= 0.3 is 17.1 Å². The average molecular weight is 229 g/mol. The van der Waals surface area contributed by atoms with Gasteiger partial charge in [-0.05, 0) is 12.9 Å². The van der Waals surface area contributed by atoms with Gasteiger partial charge in [-0.2, -0.15) is 0 Å². The molecule has 67 valence electrons. The molecule has 0 saturated carbocycles. The maximum atomic E-state index is 10.3. The molecule has 12 heavy (non-hydrogen) atoms. The van der Waals surface area contributed by atoms with Crippen LogP contribution in [-0.2, 0) is 21.6 Å². The predicted octanol–water partition coefficient (Wildman–Crippen LogP) is -1.60. The van der Waals surface area contributed by atoms with Crippen molar-refractivity contribution in [3.63, 3.8) is 0 Å². The van der Waals surface area contributed by atoms with Crippen LogP contribution in [0.2, 0.25) is 0 Å².